The lowest BCUT2D eigenvalue weighted by Gasteiger charge is -2.10. The maximum Gasteiger partial charge on any atom is 0.255 e. The Morgan fingerprint density at radius 3 is 2.57 bits per heavy atom. The van der Waals surface area contributed by atoms with Gasteiger partial charge < -0.3 is 20.1 Å². The highest BCUT2D eigenvalue weighted by molar-refractivity contribution is 6.31. The summed E-state index contributed by atoms with van der Waals surface area (Å²) < 4.78 is 9.90. The van der Waals surface area contributed by atoms with Gasteiger partial charge in [-0.2, -0.15) is 0 Å². The van der Waals surface area contributed by atoms with E-state index in [1.165, 1.54) is 20.3 Å². The normalized spacial score (nSPS) is 10.0. The summed E-state index contributed by atoms with van der Waals surface area (Å²) >= 11 is 5.86. The molecule has 0 saturated carbocycles. The minimum absolute atomic E-state index is 0.119. The number of rotatable bonds is 8. The maximum atomic E-state index is 12.0. The summed E-state index contributed by atoms with van der Waals surface area (Å²) in [6.07, 6.45) is 0.298. The molecule has 0 aliphatic heterocycles. The predicted octanol–water partition coefficient (Wildman–Crippen LogP) is 1.23. The van der Waals surface area contributed by atoms with Crippen molar-refractivity contribution in [2.24, 2.45) is 0 Å². The largest absolute Gasteiger partial charge is 0.496 e. The molecule has 0 spiro atoms. The van der Waals surface area contributed by atoms with Gasteiger partial charge in [-0.3, -0.25) is 9.59 Å². The van der Waals surface area contributed by atoms with E-state index >= 15 is 0 Å². The van der Waals surface area contributed by atoms with E-state index in [1.54, 1.807) is 12.1 Å². The zero-order valence-electron chi connectivity index (χ0n) is 12.1. The molecule has 6 nitrogen and oxygen atoms in total. The van der Waals surface area contributed by atoms with Gasteiger partial charge in [-0.05, 0) is 18.2 Å². The third-order valence-electron chi connectivity index (χ3n) is 2.67. The second-order valence-electron chi connectivity index (χ2n) is 4.19. The predicted molar refractivity (Wildman–Crippen MR) is 79.8 cm³/mol. The molecular formula is C14H19ClN2O4. The van der Waals surface area contributed by atoms with Crippen LogP contribution in [0.5, 0.6) is 5.75 Å². The first kappa shape index (κ1) is 17.3. The van der Waals surface area contributed by atoms with Gasteiger partial charge in [0.1, 0.15) is 5.75 Å². The van der Waals surface area contributed by atoms with Crippen LogP contribution in [0.15, 0.2) is 18.2 Å². The van der Waals surface area contributed by atoms with Crippen LogP contribution in [0.25, 0.3) is 0 Å². The number of hydrogen-bond acceptors (Lipinski definition) is 4. The van der Waals surface area contributed by atoms with Crippen LogP contribution in [-0.2, 0) is 9.53 Å². The third kappa shape index (κ3) is 6.01. The SMILES string of the molecule is COCCC(=O)NCCNC(=O)c1cc(Cl)ccc1OC. The van der Waals surface area contributed by atoms with Gasteiger partial charge in [0.15, 0.2) is 0 Å². The highest BCUT2D eigenvalue weighted by Crippen LogP contribution is 2.22. The zero-order chi connectivity index (χ0) is 15.7. The van der Waals surface area contributed by atoms with Gasteiger partial charge in [-0.15, -0.1) is 0 Å². The molecular weight excluding hydrogens is 296 g/mol. The van der Waals surface area contributed by atoms with Crippen molar-refractivity contribution in [2.45, 2.75) is 6.42 Å². The first-order chi connectivity index (χ1) is 10.1. The quantitative estimate of drug-likeness (QED) is 0.708. The van der Waals surface area contributed by atoms with Crippen LogP contribution < -0.4 is 15.4 Å². The van der Waals surface area contributed by atoms with Gasteiger partial charge in [0.05, 0.1) is 19.3 Å². The lowest BCUT2D eigenvalue weighted by molar-refractivity contribution is -0.121. The topological polar surface area (TPSA) is 76.7 Å². The van der Waals surface area contributed by atoms with Crippen LogP contribution in [0.1, 0.15) is 16.8 Å². The molecule has 0 heterocycles. The van der Waals surface area contributed by atoms with Gasteiger partial charge in [-0.25, -0.2) is 0 Å². The molecule has 116 valence electrons. The molecule has 1 aromatic carbocycles. The van der Waals surface area contributed by atoms with Crippen molar-refractivity contribution in [1.82, 2.24) is 10.6 Å². The molecule has 0 aliphatic carbocycles. The number of carbonyl (C=O) groups excluding carboxylic acids is 2. The van der Waals surface area contributed by atoms with Crippen LogP contribution in [-0.4, -0.2) is 45.7 Å². The summed E-state index contributed by atoms with van der Waals surface area (Å²) in [7, 11) is 3.02. The molecule has 0 aliphatic rings. The number of halogens is 1. The molecule has 0 radical (unpaired) electrons. The molecule has 0 aromatic heterocycles. The first-order valence-corrected chi connectivity index (χ1v) is 6.83. The summed E-state index contributed by atoms with van der Waals surface area (Å²) in [5, 5.41) is 5.81. The molecule has 2 N–H and O–H groups in total. The maximum absolute atomic E-state index is 12.0. The average Bonchev–Trinajstić information content (AvgIpc) is 2.49. The number of carbonyl (C=O) groups is 2. The monoisotopic (exact) mass is 314 g/mol. The Morgan fingerprint density at radius 2 is 1.90 bits per heavy atom. The van der Waals surface area contributed by atoms with Crippen LogP contribution in [0, 0.1) is 0 Å². The lowest BCUT2D eigenvalue weighted by Crippen LogP contribution is -2.35. The van der Waals surface area contributed by atoms with E-state index in [4.69, 9.17) is 21.1 Å². The molecule has 2 amide bonds. The number of hydrogen-bond donors (Lipinski definition) is 2. The Hall–Kier alpha value is -1.79. The fourth-order valence-electron chi connectivity index (χ4n) is 1.61. The summed E-state index contributed by atoms with van der Waals surface area (Å²) in [5.41, 5.74) is 0.357. The lowest BCUT2D eigenvalue weighted by atomic mass is 10.2. The number of benzene rings is 1. The molecule has 0 unspecified atom stereocenters. The minimum Gasteiger partial charge on any atom is -0.496 e. The number of amides is 2. The van der Waals surface area contributed by atoms with Crippen molar-refractivity contribution < 1.29 is 19.1 Å². The number of nitrogens with one attached hydrogen (secondary N) is 2. The molecule has 1 aromatic rings. The van der Waals surface area contributed by atoms with Crippen molar-refractivity contribution in [3.63, 3.8) is 0 Å². The smallest absolute Gasteiger partial charge is 0.255 e. The van der Waals surface area contributed by atoms with E-state index < -0.39 is 0 Å². The molecule has 1 rings (SSSR count). The highest BCUT2D eigenvalue weighted by atomic mass is 35.5. The summed E-state index contributed by atoms with van der Waals surface area (Å²) in [4.78, 5) is 23.3. The van der Waals surface area contributed by atoms with Crippen molar-refractivity contribution >= 4 is 23.4 Å². The van der Waals surface area contributed by atoms with Crippen molar-refractivity contribution in [3.05, 3.63) is 28.8 Å². The Bertz CT molecular complexity index is 494. The van der Waals surface area contributed by atoms with Gasteiger partial charge in [-0.1, -0.05) is 11.6 Å². The molecule has 0 bridgehead atoms. The molecule has 0 atom stereocenters. The van der Waals surface area contributed by atoms with E-state index in [-0.39, 0.29) is 11.8 Å². The second-order valence-corrected chi connectivity index (χ2v) is 4.63. The fraction of sp³-hybridized carbons (Fsp3) is 0.429. The van der Waals surface area contributed by atoms with Gasteiger partial charge >= 0.3 is 0 Å². The van der Waals surface area contributed by atoms with Gasteiger partial charge in [0.2, 0.25) is 5.91 Å². The molecule has 21 heavy (non-hydrogen) atoms. The van der Waals surface area contributed by atoms with Crippen molar-refractivity contribution in [3.8, 4) is 5.75 Å². The fourth-order valence-corrected chi connectivity index (χ4v) is 1.79. The average molecular weight is 315 g/mol. The Labute approximate surface area is 128 Å². The second kappa shape index (κ2) is 9.20. The Kier molecular flexibility index (Phi) is 7.56. The van der Waals surface area contributed by atoms with Crippen molar-refractivity contribution in [2.75, 3.05) is 33.9 Å². The van der Waals surface area contributed by atoms with E-state index in [0.29, 0.717) is 42.5 Å². The highest BCUT2D eigenvalue weighted by Gasteiger charge is 2.12. The molecule has 0 fully saturated rings. The van der Waals surface area contributed by atoms with Crippen LogP contribution in [0.2, 0.25) is 5.02 Å². The van der Waals surface area contributed by atoms with Crippen LogP contribution >= 0.6 is 11.6 Å². The number of methoxy groups -OCH3 is 2. The summed E-state index contributed by atoms with van der Waals surface area (Å²) in [6, 6.07) is 4.81. The summed E-state index contributed by atoms with van der Waals surface area (Å²) in [6.45, 7) is 1.03. The summed E-state index contributed by atoms with van der Waals surface area (Å²) in [5.74, 6) is 0.0213. The van der Waals surface area contributed by atoms with Gasteiger partial charge in [0, 0.05) is 31.6 Å². The van der Waals surface area contributed by atoms with Crippen LogP contribution in [0.3, 0.4) is 0 Å². The van der Waals surface area contributed by atoms with E-state index in [0.717, 1.165) is 0 Å². The van der Waals surface area contributed by atoms with E-state index in [1.807, 2.05) is 0 Å². The minimum atomic E-state index is -0.305. The molecule has 0 saturated heterocycles. The Balaban J connectivity index is 2.41. The molecule has 7 heteroatoms. The van der Waals surface area contributed by atoms with Gasteiger partial charge in [0.25, 0.3) is 5.91 Å². The standard InChI is InChI=1S/C14H19ClN2O4/c1-20-8-5-13(18)16-6-7-17-14(19)11-9-10(15)3-4-12(11)21-2/h3-4,9H,5-8H2,1-2H3,(H,16,18)(H,17,19). The van der Waals surface area contributed by atoms with Crippen molar-refractivity contribution in [1.29, 1.82) is 0 Å². The van der Waals surface area contributed by atoms with E-state index in [9.17, 15) is 9.59 Å². The number of ether oxygens (including phenoxy) is 2. The first-order valence-electron chi connectivity index (χ1n) is 6.46. The zero-order valence-corrected chi connectivity index (χ0v) is 12.8. The van der Waals surface area contributed by atoms with E-state index in [2.05, 4.69) is 10.6 Å². The Morgan fingerprint density at radius 1 is 1.19 bits per heavy atom. The van der Waals surface area contributed by atoms with Crippen LogP contribution in [0.4, 0.5) is 0 Å². The third-order valence-corrected chi connectivity index (χ3v) is 2.91.